The minimum absolute atomic E-state index is 0.0136. The first-order valence-electron chi connectivity index (χ1n) is 9.47. The number of hydrazone groups is 2. The molecule has 0 unspecified atom stereocenters. The normalized spacial score (nSPS) is 11.6. The Bertz CT molecular complexity index is 1150. The number of amides is 2. The van der Waals surface area contributed by atoms with Gasteiger partial charge in [0.25, 0.3) is 0 Å². The van der Waals surface area contributed by atoms with Crippen LogP contribution in [0.5, 0.6) is 0 Å². The van der Waals surface area contributed by atoms with Crippen LogP contribution in [0.1, 0.15) is 24.0 Å². The monoisotopic (exact) mass is 400 g/mol. The summed E-state index contributed by atoms with van der Waals surface area (Å²) in [6.45, 7) is 0. The molecule has 0 spiro atoms. The summed E-state index contributed by atoms with van der Waals surface area (Å²) in [6.07, 6.45) is 6.81. The van der Waals surface area contributed by atoms with Gasteiger partial charge in [0.15, 0.2) is 0 Å². The third kappa shape index (κ3) is 4.44. The zero-order chi connectivity index (χ0) is 20.8. The molecule has 4 aromatic rings. The molecule has 0 saturated heterocycles. The zero-order valence-electron chi connectivity index (χ0n) is 16.1. The first kappa shape index (κ1) is 19.1. The number of aromatic nitrogens is 2. The van der Waals surface area contributed by atoms with E-state index in [4.69, 9.17) is 0 Å². The number of H-pyrrole nitrogens is 2. The minimum atomic E-state index is -0.346. The van der Waals surface area contributed by atoms with E-state index in [0.717, 1.165) is 32.9 Å². The van der Waals surface area contributed by atoms with E-state index < -0.39 is 0 Å². The van der Waals surface area contributed by atoms with Gasteiger partial charge in [-0.15, -0.1) is 0 Å². The van der Waals surface area contributed by atoms with E-state index in [1.54, 1.807) is 12.4 Å². The van der Waals surface area contributed by atoms with E-state index in [9.17, 15) is 9.59 Å². The number of carbonyl (C=O) groups excluding carboxylic acids is 2. The quantitative estimate of drug-likeness (QED) is 0.282. The smallest absolute Gasteiger partial charge is 0.240 e. The fourth-order valence-corrected chi connectivity index (χ4v) is 3.09. The van der Waals surface area contributed by atoms with E-state index in [1.807, 2.05) is 60.9 Å². The second kappa shape index (κ2) is 8.87. The van der Waals surface area contributed by atoms with Gasteiger partial charge in [-0.05, 0) is 12.1 Å². The van der Waals surface area contributed by atoms with Gasteiger partial charge in [0.2, 0.25) is 11.8 Å². The van der Waals surface area contributed by atoms with Crippen molar-refractivity contribution in [3.05, 3.63) is 72.1 Å². The summed E-state index contributed by atoms with van der Waals surface area (Å²) in [7, 11) is 0. The zero-order valence-corrected chi connectivity index (χ0v) is 16.1. The Labute approximate surface area is 172 Å². The van der Waals surface area contributed by atoms with Crippen LogP contribution >= 0.6 is 0 Å². The van der Waals surface area contributed by atoms with Crippen molar-refractivity contribution in [2.45, 2.75) is 12.8 Å². The maximum Gasteiger partial charge on any atom is 0.240 e. The SMILES string of the molecule is O=C(CCC(=O)N/N=C/c1c[nH]c2ccccc12)N/N=C/c1c[nH]c2ccccc12. The van der Waals surface area contributed by atoms with Gasteiger partial charge in [-0.1, -0.05) is 36.4 Å². The van der Waals surface area contributed by atoms with Gasteiger partial charge in [0.1, 0.15) is 0 Å². The highest BCUT2D eigenvalue weighted by Gasteiger charge is 2.06. The first-order chi connectivity index (χ1) is 14.7. The topological polar surface area (TPSA) is 114 Å². The number of para-hydroxylation sites is 2. The Morgan fingerprint density at radius 1 is 0.733 bits per heavy atom. The van der Waals surface area contributed by atoms with Gasteiger partial charge in [-0.25, -0.2) is 10.9 Å². The van der Waals surface area contributed by atoms with Crippen LogP contribution in [0.4, 0.5) is 0 Å². The Hall–Kier alpha value is -4.20. The maximum absolute atomic E-state index is 11.9. The van der Waals surface area contributed by atoms with E-state index in [0.29, 0.717) is 0 Å². The molecule has 0 atom stereocenters. The summed E-state index contributed by atoms with van der Waals surface area (Å²) in [5.74, 6) is -0.691. The van der Waals surface area contributed by atoms with Crippen LogP contribution < -0.4 is 10.9 Å². The lowest BCUT2D eigenvalue weighted by Gasteiger charge is -2.00. The number of hydrogen-bond donors (Lipinski definition) is 4. The Kier molecular flexibility index (Phi) is 5.66. The summed E-state index contributed by atoms with van der Waals surface area (Å²) in [4.78, 5) is 30.0. The van der Waals surface area contributed by atoms with E-state index in [1.165, 1.54) is 0 Å². The maximum atomic E-state index is 11.9. The molecule has 0 bridgehead atoms. The van der Waals surface area contributed by atoms with Crippen LogP contribution in [-0.2, 0) is 9.59 Å². The van der Waals surface area contributed by atoms with Gasteiger partial charge in [-0.3, -0.25) is 9.59 Å². The van der Waals surface area contributed by atoms with Crippen LogP contribution in [-0.4, -0.2) is 34.2 Å². The number of aromatic amines is 2. The molecule has 0 aliphatic heterocycles. The van der Waals surface area contributed by atoms with Gasteiger partial charge in [0, 0.05) is 58.2 Å². The van der Waals surface area contributed by atoms with Gasteiger partial charge >= 0.3 is 0 Å². The standard InChI is InChI=1S/C22H20N6O2/c29-21(27-25-13-15-11-23-19-7-3-1-5-17(15)19)9-10-22(30)28-26-14-16-12-24-20-8-4-2-6-18(16)20/h1-8,11-14,23-24H,9-10H2,(H,27,29)(H,28,30)/b25-13+,26-14+. The highest BCUT2D eigenvalue weighted by molar-refractivity contribution is 6.00. The predicted octanol–water partition coefficient (Wildman–Crippen LogP) is 3.03. The van der Waals surface area contributed by atoms with E-state index in [2.05, 4.69) is 31.0 Å². The Morgan fingerprint density at radius 2 is 1.17 bits per heavy atom. The summed E-state index contributed by atoms with van der Waals surface area (Å²) in [5, 5.41) is 9.95. The van der Waals surface area contributed by atoms with Crippen molar-refractivity contribution in [3.63, 3.8) is 0 Å². The van der Waals surface area contributed by atoms with Crippen LogP contribution in [0.3, 0.4) is 0 Å². The van der Waals surface area contributed by atoms with Gasteiger partial charge in [-0.2, -0.15) is 10.2 Å². The molecule has 2 amide bonds. The molecule has 0 saturated carbocycles. The molecule has 2 aromatic heterocycles. The minimum Gasteiger partial charge on any atom is -0.361 e. The summed E-state index contributed by atoms with van der Waals surface area (Å²) in [5.41, 5.74) is 8.60. The van der Waals surface area contributed by atoms with Crippen molar-refractivity contribution < 1.29 is 9.59 Å². The molecule has 8 nitrogen and oxygen atoms in total. The Balaban J connectivity index is 1.22. The van der Waals surface area contributed by atoms with Crippen LogP contribution in [0.15, 0.2) is 71.1 Å². The third-order valence-electron chi connectivity index (χ3n) is 4.61. The van der Waals surface area contributed by atoms with Crippen molar-refractivity contribution in [2.75, 3.05) is 0 Å². The van der Waals surface area contributed by atoms with Gasteiger partial charge < -0.3 is 9.97 Å². The number of nitrogens with one attached hydrogen (secondary N) is 4. The lowest BCUT2D eigenvalue weighted by atomic mass is 10.2. The number of rotatable bonds is 7. The summed E-state index contributed by atoms with van der Waals surface area (Å²) < 4.78 is 0. The molecule has 4 N–H and O–H groups in total. The van der Waals surface area contributed by atoms with E-state index in [-0.39, 0.29) is 24.7 Å². The molecule has 0 aliphatic rings. The molecule has 2 heterocycles. The molecular formula is C22H20N6O2. The molecule has 0 aliphatic carbocycles. The van der Waals surface area contributed by atoms with Crippen molar-refractivity contribution in [1.82, 2.24) is 20.8 Å². The van der Waals surface area contributed by atoms with E-state index >= 15 is 0 Å². The molecular weight excluding hydrogens is 380 g/mol. The highest BCUT2D eigenvalue weighted by atomic mass is 16.2. The van der Waals surface area contributed by atoms with Crippen molar-refractivity contribution in [3.8, 4) is 0 Å². The Morgan fingerprint density at radius 3 is 1.63 bits per heavy atom. The number of carbonyl (C=O) groups is 2. The fraction of sp³-hybridized carbons (Fsp3) is 0.0909. The lowest BCUT2D eigenvalue weighted by molar-refractivity contribution is -0.126. The molecule has 30 heavy (non-hydrogen) atoms. The number of fused-ring (bicyclic) bond motifs is 2. The van der Waals surface area contributed by atoms with Crippen LogP contribution in [0, 0.1) is 0 Å². The van der Waals surface area contributed by atoms with Crippen LogP contribution in [0.25, 0.3) is 21.8 Å². The molecule has 0 radical (unpaired) electrons. The van der Waals surface area contributed by atoms with Crippen molar-refractivity contribution in [1.29, 1.82) is 0 Å². The molecule has 0 fully saturated rings. The molecule has 150 valence electrons. The lowest BCUT2D eigenvalue weighted by Crippen LogP contribution is -2.22. The third-order valence-corrected chi connectivity index (χ3v) is 4.61. The second-order valence-corrected chi connectivity index (χ2v) is 6.67. The highest BCUT2D eigenvalue weighted by Crippen LogP contribution is 2.16. The summed E-state index contributed by atoms with van der Waals surface area (Å²) in [6, 6.07) is 15.6. The van der Waals surface area contributed by atoms with Gasteiger partial charge in [0.05, 0.1) is 12.4 Å². The van der Waals surface area contributed by atoms with Crippen molar-refractivity contribution in [2.24, 2.45) is 10.2 Å². The van der Waals surface area contributed by atoms with Crippen molar-refractivity contribution >= 4 is 46.0 Å². The second-order valence-electron chi connectivity index (χ2n) is 6.67. The molecule has 2 aromatic carbocycles. The number of benzene rings is 2. The first-order valence-corrected chi connectivity index (χ1v) is 9.47. The molecule has 8 heteroatoms. The number of hydrogen-bond acceptors (Lipinski definition) is 4. The largest absolute Gasteiger partial charge is 0.361 e. The average Bonchev–Trinajstić information content (AvgIpc) is 3.37. The summed E-state index contributed by atoms with van der Waals surface area (Å²) >= 11 is 0. The number of nitrogens with zero attached hydrogens (tertiary/aromatic N) is 2. The molecule has 4 rings (SSSR count). The van der Waals surface area contributed by atoms with Crippen LogP contribution in [0.2, 0.25) is 0 Å². The average molecular weight is 400 g/mol. The fourth-order valence-electron chi connectivity index (χ4n) is 3.09. The predicted molar refractivity (Wildman–Crippen MR) is 117 cm³/mol.